The maximum absolute atomic E-state index is 12.6. The van der Waals surface area contributed by atoms with E-state index < -0.39 is 17.8 Å². The topological polar surface area (TPSA) is 17.1 Å². The van der Waals surface area contributed by atoms with E-state index >= 15 is 0 Å². The second-order valence-electron chi connectivity index (χ2n) is 3.08. The first-order valence-electron chi connectivity index (χ1n) is 4.47. The van der Waals surface area contributed by atoms with Crippen molar-refractivity contribution >= 4 is 25.2 Å². The normalized spacial score (nSPS) is 12.6. The van der Waals surface area contributed by atoms with E-state index in [4.69, 9.17) is 0 Å². The van der Waals surface area contributed by atoms with E-state index in [1.807, 2.05) is 0 Å². The molecule has 0 heterocycles. The van der Waals surface area contributed by atoms with Crippen molar-refractivity contribution < 1.29 is 22.4 Å². The van der Waals surface area contributed by atoms with E-state index in [-0.39, 0.29) is 15.0 Å². The zero-order valence-corrected chi connectivity index (χ0v) is 10.4. The molecule has 0 N–H and O–H groups in total. The van der Waals surface area contributed by atoms with Gasteiger partial charge in [0.05, 0.1) is 0 Å². The first-order valence-corrected chi connectivity index (χ1v) is 7.04. The Bertz CT molecular complexity index is 434. The van der Waals surface area contributed by atoms with Crippen LogP contribution in [0.2, 0.25) is 5.82 Å². The number of alkyl halides is 3. The zero-order chi connectivity index (χ0) is 13.1. The zero-order valence-electron chi connectivity index (χ0n) is 8.72. The third-order valence-corrected chi connectivity index (χ3v) is 3.55. The molecule has 0 aliphatic rings. The fourth-order valence-electron chi connectivity index (χ4n) is 1.08. The number of carbonyl (C=O) groups is 1. The number of halogens is 4. The SMILES string of the molecule is C[Se]/C(=C/C(=O)C(F)(F)F)c1ccc(F)cc1. The first kappa shape index (κ1) is 13.9. The summed E-state index contributed by atoms with van der Waals surface area (Å²) in [6.07, 6.45) is -4.29. The molecular formula is C11H8F4OSe. The molecule has 0 fully saturated rings. The minimum atomic E-state index is -4.86. The van der Waals surface area contributed by atoms with E-state index in [0.29, 0.717) is 16.1 Å². The molecule has 0 spiro atoms. The molecule has 0 aromatic heterocycles. The van der Waals surface area contributed by atoms with Gasteiger partial charge in [0.25, 0.3) is 0 Å². The van der Waals surface area contributed by atoms with Gasteiger partial charge in [-0.1, -0.05) is 0 Å². The third-order valence-electron chi connectivity index (χ3n) is 1.89. The van der Waals surface area contributed by atoms with Crippen molar-refractivity contribution in [1.29, 1.82) is 0 Å². The predicted molar refractivity (Wildman–Crippen MR) is 57.1 cm³/mol. The Morgan fingerprint density at radius 3 is 2.18 bits per heavy atom. The number of hydrogen-bond donors (Lipinski definition) is 0. The van der Waals surface area contributed by atoms with E-state index in [1.54, 1.807) is 5.82 Å². The van der Waals surface area contributed by atoms with Gasteiger partial charge in [-0.25, -0.2) is 0 Å². The molecule has 1 aromatic rings. The Morgan fingerprint density at radius 2 is 1.76 bits per heavy atom. The summed E-state index contributed by atoms with van der Waals surface area (Å²) >= 11 is -0.293. The summed E-state index contributed by atoms with van der Waals surface area (Å²) in [6, 6.07) is 5.01. The van der Waals surface area contributed by atoms with Gasteiger partial charge in [0.15, 0.2) is 0 Å². The van der Waals surface area contributed by atoms with E-state index in [0.717, 1.165) is 12.1 Å². The fourth-order valence-corrected chi connectivity index (χ4v) is 2.33. The Balaban J connectivity index is 3.04. The van der Waals surface area contributed by atoms with Crippen LogP contribution in [-0.4, -0.2) is 26.9 Å². The molecule has 0 saturated heterocycles. The van der Waals surface area contributed by atoms with Crippen molar-refractivity contribution in [2.24, 2.45) is 0 Å². The summed E-state index contributed by atoms with van der Waals surface area (Å²) in [7, 11) is 0. The van der Waals surface area contributed by atoms with Crippen molar-refractivity contribution in [3.05, 3.63) is 41.7 Å². The summed E-state index contributed by atoms with van der Waals surface area (Å²) in [5.74, 6) is -0.675. The number of ketones is 1. The predicted octanol–water partition coefficient (Wildman–Crippen LogP) is 3.05. The second kappa shape index (κ2) is 5.47. The van der Waals surface area contributed by atoms with Crippen LogP contribution in [0.4, 0.5) is 17.6 Å². The van der Waals surface area contributed by atoms with Crippen LogP contribution in [0.25, 0.3) is 4.47 Å². The molecule has 1 rings (SSSR count). The third kappa shape index (κ3) is 3.98. The summed E-state index contributed by atoms with van der Waals surface area (Å²) in [4.78, 5) is 10.8. The minimum absolute atomic E-state index is 0.292. The van der Waals surface area contributed by atoms with Gasteiger partial charge in [-0.15, -0.1) is 0 Å². The van der Waals surface area contributed by atoms with Crippen molar-refractivity contribution in [2.75, 3.05) is 0 Å². The monoisotopic (exact) mass is 312 g/mol. The summed E-state index contributed by atoms with van der Waals surface area (Å²) in [5.41, 5.74) is 0.437. The number of carbonyl (C=O) groups excluding carboxylic acids is 1. The Hall–Kier alpha value is -1.13. The summed E-state index contributed by atoms with van der Waals surface area (Å²) < 4.78 is 49.2. The van der Waals surface area contributed by atoms with Crippen LogP contribution in [-0.2, 0) is 4.79 Å². The molecule has 6 heteroatoms. The second-order valence-corrected chi connectivity index (χ2v) is 4.86. The van der Waals surface area contributed by atoms with E-state index in [2.05, 4.69) is 0 Å². The molecule has 0 saturated carbocycles. The van der Waals surface area contributed by atoms with Crippen molar-refractivity contribution in [2.45, 2.75) is 12.0 Å². The molecule has 0 bridgehead atoms. The molecule has 0 radical (unpaired) electrons. The van der Waals surface area contributed by atoms with Crippen LogP contribution in [0.5, 0.6) is 0 Å². The van der Waals surface area contributed by atoms with Crippen LogP contribution in [0, 0.1) is 5.82 Å². The molecular weight excluding hydrogens is 303 g/mol. The van der Waals surface area contributed by atoms with Crippen LogP contribution < -0.4 is 0 Å². The molecule has 92 valence electrons. The molecule has 0 amide bonds. The number of allylic oxidation sites excluding steroid dienone is 1. The van der Waals surface area contributed by atoms with Gasteiger partial charge < -0.3 is 0 Å². The molecule has 17 heavy (non-hydrogen) atoms. The van der Waals surface area contributed by atoms with Crippen LogP contribution >= 0.6 is 0 Å². The van der Waals surface area contributed by atoms with Crippen LogP contribution in [0.1, 0.15) is 5.56 Å². The van der Waals surface area contributed by atoms with Crippen molar-refractivity contribution in [3.63, 3.8) is 0 Å². The van der Waals surface area contributed by atoms with E-state index in [9.17, 15) is 22.4 Å². The van der Waals surface area contributed by atoms with Gasteiger partial charge in [0, 0.05) is 0 Å². The average Bonchev–Trinajstić information content (AvgIpc) is 2.25. The van der Waals surface area contributed by atoms with Crippen LogP contribution in [0.3, 0.4) is 0 Å². The molecule has 0 unspecified atom stereocenters. The average molecular weight is 311 g/mol. The molecule has 0 aliphatic heterocycles. The van der Waals surface area contributed by atoms with E-state index in [1.165, 1.54) is 12.1 Å². The Morgan fingerprint density at radius 1 is 1.24 bits per heavy atom. The Labute approximate surface area is 102 Å². The van der Waals surface area contributed by atoms with Crippen LogP contribution in [0.15, 0.2) is 30.3 Å². The molecule has 1 nitrogen and oxygen atoms in total. The van der Waals surface area contributed by atoms with Gasteiger partial charge in [-0.3, -0.25) is 0 Å². The number of hydrogen-bond acceptors (Lipinski definition) is 1. The number of rotatable bonds is 3. The fraction of sp³-hybridized carbons (Fsp3) is 0.182. The molecule has 0 atom stereocenters. The van der Waals surface area contributed by atoms with Gasteiger partial charge in [0.1, 0.15) is 0 Å². The quantitative estimate of drug-likeness (QED) is 0.476. The number of benzene rings is 1. The Kier molecular flexibility index (Phi) is 4.48. The summed E-state index contributed by atoms with van der Waals surface area (Å²) in [6.45, 7) is 0. The van der Waals surface area contributed by atoms with Crippen molar-refractivity contribution in [3.8, 4) is 0 Å². The van der Waals surface area contributed by atoms with Gasteiger partial charge in [-0.2, -0.15) is 0 Å². The van der Waals surface area contributed by atoms with Gasteiger partial charge >= 0.3 is 101 Å². The molecule has 0 aliphatic carbocycles. The van der Waals surface area contributed by atoms with Crippen molar-refractivity contribution in [1.82, 2.24) is 0 Å². The van der Waals surface area contributed by atoms with Gasteiger partial charge in [0.2, 0.25) is 0 Å². The standard InChI is InChI=1S/C11H8F4OSe/c1-17-9(6-10(16)11(13,14)15)7-2-4-8(12)5-3-7/h2-6H,1H3/b9-6+. The molecule has 1 aromatic carbocycles. The first-order chi connectivity index (χ1) is 7.84. The summed E-state index contributed by atoms with van der Waals surface area (Å²) in [5, 5.41) is 0. The van der Waals surface area contributed by atoms with Gasteiger partial charge in [-0.05, 0) is 0 Å². The maximum atomic E-state index is 12.6.